The third-order valence-electron chi connectivity index (χ3n) is 6.35. The molecule has 2 aromatic rings. The number of hydrogen-bond acceptors (Lipinski definition) is 5. The number of rotatable bonds is 5. The number of pyridine rings is 1. The molecule has 1 saturated heterocycles. The zero-order chi connectivity index (χ0) is 26.9. The van der Waals surface area contributed by atoms with Gasteiger partial charge in [-0.1, -0.05) is 29.3 Å². The lowest BCUT2D eigenvalue weighted by Gasteiger charge is -2.36. The Morgan fingerprint density at radius 2 is 1.81 bits per heavy atom. The molecule has 196 valence electrons. The van der Waals surface area contributed by atoms with E-state index in [2.05, 4.69) is 15.3 Å². The smallest absolute Gasteiger partial charge is 0.351 e. The largest absolute Gasteiger partial charge is 0.416 e. The van der Waals surface area contributed by atoms with Crippen LogP contribution in [-0.2, 0) is 11.0 Å². The summed E-state index contributed by atoms with van der Waals surface area (Å²) in [5, 5.41) is 3.49. The molecule has 1 atom stereocenters. The van der Waals surface area contributed by atoms with Crippen molar-refractivity contribution in [3.63, 3.8) is 0 Å². The number of alkyl halides is 3. The van der Waals surface area contributed by atoms with Crippen LogP contribution in [0.1, 0.15) is 36.2 Å². The Labute approximate surface area is 222 Å². The number of hydrogen-bond donors (Lipinski definition) is 1. The molecule has 0 bridgehead atoms. The number of allylic oxidation sites excluding steroid dienone is 1. The molecule has 7 nitrogen and oxygen atoms in total. The van der Waals surface area contributed by atoms with Crippen molar-refractivity contribution in [3.05, 3.63) is 63.3 Å². The van der Waals surface area contributed by atoms with Crippen LogP contribution in [0, 0.1) is 0 Å². The summed E-state index contributed by atoms with van der Waals surface area (Å²) in [4.78, 5) is 38.1. The van der Waals surface area contributed by atoms with Crippen molar-refractivity contribution in [2.75, 3.05) is 36.4 Å². The van der Waals surface area contributed by atoms with Gasteiger partial charge in [-0.3, -0.25) is 14.6 Å². The molecule has 3 heterocycles. The molecule has 37 heavy (non-hydrogen) atoms. The molecule has 1 aromatic carbocycles. The van der Waals surface area contributed by atoms with Gasteiger partial charge in [0.05, 0.1) is 39.5 Å². The highest BCUT2D eigenvalue weighted by atomic mass is 35.5. The van der Waals surface area contributed by atoms with Crippen LogP contribution in [0.25, 0.3) is 0 Å². The van der Waals surface area contributed by atoms with E-state index in [0.717, 1.165) is 23.4 Å². The Balaban J connectivity index is 1.43. The first kappa shape index (κ1) is 26.9. The number of carbonyl (C=O) groups is 2. The predicted octanol–water partition coefficient (Wildman–Crippen LogP) is 5.40. The third-order valence-corrected chi connectivity index (χ3v) is 7.12. The Hall–Kier alpha value is -3.11. The zero-order valence-electron chi connectivity index (χ0n) is 20.1. The van der Waals surface area contributed by atoms with E-state index >= 15 is 0 Å². The van der Waals surface area contributed by atoms with E-state index < -0.39 is 17.6 Å². The molecule has 1 aromatic heterocycles. The molecule has 0 spiro atoms. The molecule has 2 aliphatic rings. The molecule has 2 aliphatic heterocycles. The number of nitrogens with zero attached hydrogens (tertiary/aromatic N) is 4. The van der Waals surface area contributed by atoms with Gasteiger partial charge in [0.2, 0.25) is 5.91 Å². The summed E-state index contributed by atoms with van der Waals surface area (Å²) in [7, 11) is 0. The van der Waals surface area contributed by atoms with E-state index in [1.54, 1.807) is 4.90 Å². The van der Waals surface area contributed by atoms with Crippen molar-refractivity contribution in [3.8, 4) is 0 Å². The molecule has 1 unspecified atom stereocenters. The van der Waals surface area contributed by atoms with Crippen LogP contribution in [0.2, 0.25) is 5.02 Å². The zero-order valence-corrected chi connectivity index (χ0v) is 21.6. The summed E-state index contributed by atoms with van der Waals surface area (Å²) < 4.78 is 39.2. The van der Waals surface area contributed by atoms with Crippen molar-refractivity contribution in [1.29, 1.82) is 0 Å². The summed E-state index contributed by atoms with van der Waals surface area (Å²) in [6, 6.07) is 5.40. The first-order valence-electron chi connectivity index (χ1n) is 11.5. The summed E-state index contributed by atoms with van der Waals surface area (Å²) >= 11 is 12.3. The quantitative estimate of drug-likeness (QED) is 0.537. The van der Waals surface area contributed by atoms with Gasteiger partial charge in [0.1, 0.15) is 0 Å². The molecule has 0 saturated carbocycles. The average Bonchev–Trinajstić information content (AvgIpc) is 3.10. The van der Waals surface area contributed by atoms with Crippen LogP contribution in [0.4, 0.5) is 24.7 Å². The van der Waals surface area contributed by atoms with Crippen molar-refractivity contribution >= 4 is 52.2 Å². The van der Waals surface area contributed by atoms with Crippen molar-refractivity contribution in [2.45, 2.75) is 32.5 Å². The van der Waals surface area contributed by atoms with E-state index in [-0.39, 0.29) is 34.6 Å². The fourth-order valence-electron chi connectivity index (χ4n) is 4.29. The first-order valence-corrected chi connectivity index (χ1v) is 12.3. The van der Waals surface area contributed by atoms with E-state index in [1.165, 1.54) is 24.4 Å². The van der Waals surface area contributed by atoms with Gasteiger partial charge in [0.15, 0.2) is 5.82 Å². The normalized spacial score (nSPS) is 18.2. The molecule has 1 N–H and O–H groups in total. The van der Waals surface area contributed by atoms with E-state index in [1.807, 2.05) is 18.7 Å². The van der Waals surface area contributed by atoms with Gasteiger partial charge in [-0.2, -0.15) is 13.2 Å². The van der Waals surface area contributed by atoms with Crippen LogP contribution < -0.4 is 10.2 Å². The second-order valence-electron chi connectivity index (χ2n) is 8.86. The van der Waals surface area contributed by atoms with Gasteiger partial charge >= 0.3 is 6.18 Å². The van der Waals surface area contributed by atoms with E-state index in [0.29, 0.717) is 37.0 Å². The maximum absolute atomic E-state index is 13.1. The number of halogens is 5. The second kappa shape index (κ2) is 10.7. The lowest BCUT2D eigenvalue weighted by Crippen LogP contribution is -2.49. The van der Waals surface area contributed by atoms with Crippen LogP contribution >= 0.6 is 23.2 Å². The van der Waals surface area contributed by atoms with E-state index in [9.17, 15) is 22.8 Å². The monoisotopic (exact) mass is 553 g/mol. The molecule has 12 heteroatoms. The fraction of sp³-hybridized carbons (Fsp3) is 0.360. The highest BCUT2D eigenvalue weighted by molar-refractivity contribution is 6.44. The lowest BCUT2D eigenvalue weighted by atomic mass is 10.1. The van der Waals surface area contributed by atoms with Gasteiger partial charge < -0.3 is 15.1 Å². The van der Waals surface area contributed by atoms with Gasteiger partial charge in [0.25, 0.3) is 5.91 Å². The molecule has 0 aliphatic carbocycles. The van der Waals surface area contributed by atoms with Crippen molar-refractivity contribution in [1.82, 2.24) is 9.88 Å². The highest BCUT2D eigenvalue weighted by Gasteiger charge is 2.31. The summed E-state index contributed by atoms with van der Waals surface area (Å²) in [6.07, 6.45) is -2.91. The Morgan fingerprint density at radius 3 is 2.43 bits per heavy atom. The van der Waals surface area contributed by atoms with Crippen LogP contribution in [0.5, 0.6) is 0 Å². The number of aromatic nitrogens is 1. The van der Waals surface area contributed by atoms with Gasteiger partial charge in [0, 0.05) is 37.9 Å². The third kappa shape index (κ3) is 6.07. The highest BCUT2D eigenvalue weighted by Crippen LogP contribution is 2.32. The predicted molar refractivity (Wildman–Crippen MR) is 138 cm³/mol. The number of anilines is 2. The Kier molecular flexibility index (Phi) is 7.80. The number of nitrogens with one attached hydrogen (secondary N) is 1. The van der Waals surface area contributed by atoms with Gasteiger partial charge in [-0.05, 0) is 43.7 Å². The summed E-state index contributed by atoms with van der Waals surface area (Å²) in [5.41, 5.74) is 0.816. The van der Waals surface area contributed by atoms with E-state index in [4.69, 9.17) is 23.2 Å². The van der Waals surface area contributed by atoms with Crippen LogP contribution in [0.15, 0.2) is 52.1 Å². The number of aliphatic imine (C=N–C) groups is 1. The number of piperazine rings is 1. The van der Waals surface area contributed by atoms with Crippen LogP contribution in [-0.4, -0.2) is 59.6 Å². The molecule has 1 fully saturated rings. The van der Waals surface area contributed by atoms with Gasteiger partial charge in [-0.15, -0.1) is 0 Å². The summed E-state index contributed by atoms with van der Waals surface area (Å²) in [5.74, 6) is -0.341. The lowest BCUT2D eigenvalue weighted by molar-refractivity contribution is -0.137. The minimum absolute atomic E-state index is 0.0333. The van der Waals surface area contributed by atoms with Gasteiger partial charge in [-0.25, -0.2) is 4.98 Å². The van der Waals surface area contributed by atoms with Crippen molar-refractivity contribution in [2.24, 2.45) is 4.99 Å². The minimum atomic E-state index is -4.57. The average molecular weight is 554 g/mol. The first-order chi connectivity index (χ1) is 17.4. The Morgan fingerprint density at radius 1 is 1.11 bits per heavy atom. The maximum atomic E-state index is 13.1. The molecule has 4 rings (SSSR count). The molecule has 2 amide bonds. The molecular weight excluding hydrogens is 530 g/mol. The number of carbonyl (C=O) groups excluding carboxylic acids is 2. The SMILES string of the molecule is CC1=NC(CC(=O)N2CCN(c3ncc(Cl)cc3NC(=O)c3cccc(C(F)(F)F)c3)CC2)C(C)=C1Cl. The fourth-order valence-corrected chi connectivity index (χ4v) is 4.62. The molecular formula is C25H24Cl2F3N5O2. The molecule has 0 radical (unpaired) electrons. The van der Waals surface area contributed by atoms with Crippen LogP contribution in [0.3, 0.4) is 0 Å². The standard InChI is InChI=1S/C25H24Cl2F3N5O2/c1-14-19(32-15(2)22(14)27)12-21(36)34-6-8-35(9-7-34)23-20(11-18(26)13-31-23)33-24(37)16-4-3-5-17(10-16)25(28,29)30/h3-5,10-11,13,19H,6-9,12H2,1-2H3,(H,33,37). The number of benzene rings is 1. The minimum Gasteiger partial charge on any atom is -0.351 e. The topological polar surface area (TPSA) is 77.9 Å². The Bertz CT molecular complexity index is 1290. The van der Waals surface area contributed by atoms with Crippen molar-refractivity contribution < 1.29 is 22.8 Å². The second-order valence-corrected chi connectivity index (χ2v) is 9.67. The maximum Gasteiger partial charge on any atom is 0.416 e. The number of amides is 2. The summed E-state index contributed by atoms with van der Waals surface area (Å²) in [6.45, 7) is 5.42.